The van der Waals surface area contributed by atoms with Crippen LogP contribution in [-0.2, 0) is 9.53 Å². The lowest BCUT2D eigenvalue weighted by atomic mass is 10.1. The first-order chi connectivity index (χ1) is 8.92. The van der Waals surface area contributed by atoms with Crippen LogP contribution < -0.4 is 5.32 Å². The summed E-state index contributed by atoms with van der Waals surface area (Å²) < 4.78 is 4.97. The van der Waals surface area contributed by atoms with Gasteiger partial charge in [-0.05, 0) is 12.3 Å². The summed E-state index contributed by atoms with van der Waals surface area (Å²) in [5.74, 6) is -1.06. The zero-order chi connectivity index (χ0) is 14.8. The Bertz CT molecular complexity index is 282. The van der Waals surface area contributed by atoms with Crippen molar-refractivity contribution in [3.63, 3.8) is 0 Å². The summed E-state index contributed by atoms with van der Waals surface area (Å²) >= 11 is 0. The van der Waals surface area contributed by atoms with E-state index in [9.17, 15) is 9.59 Å². The Hall–Kier alpha value is -1.30. The molecule has 0 aliphatic carbocycles. The highest BCUT2D eigenvalue weighted by atomic mass is 16.5. The first-order valence-corrected chi connectivity index (χ1v) is 6.66. The summed E-state index contributed by atoms with van der Waals surface area (Å²) in [6, 6.07) is -0.231. The zero-order valence-corrected chi connectivity index (χ0v) is 12.3. The Morgan fingerprint density at radius 2 is 2.00 bits per heavy atom. The number of hydrogen-bond donors (Lipinski definition) is 2. The topological polar surface area (TPSA) is 78.9 Å². The smallest absolute Gasteiger partial charge is 0.317 e. The molecule has 0 saturated carbocycles. The number of amides is 2. The van der Waals surface area contributed by atoms with Gasteiger partial charge in [0, 0.05) is 26.7 Å². The lowest BCUT2D eigenvalue weighted by Gasteiger charge is -2.25. The fourth-order valence-electron chi connectivity index (χ4n) is 1.65. The molecular weight excluding hydrogens is 248 g/mol. The van der Waals surface area contributed by atoms with Gasteiger partial charge < -0.3 is 20.1 Å². The molecule has 0 radical (unpaired) electrons. The molecule has 0 aliphatic heterocycles. The van der Waals surface area contributed by atoms with Crippen LogP contribution in [-0.4, -0.2) is 55.4 Å². The summed E-state index contributed by atoms with van der Waals surface area (Å²) in [4.78, 5) is 24.5. The van der Waals surface area contributed by atoms with E-state index in [1.54, 1.807) is 18.9 Å². The van der Waals surface area contributed by atoms with Crippen LogP contribution in [0.1, 0.15) is 27.2 Å². The molecule has 0 aromatic carbocycles. The Morgan fingerprint density at radius 1 is 1.37 bits per heavy atom. The molecule has 0 spiro atoms. The Labute approximate surface area is 115 Å². The van der Waals surface area contributed by atoms with E-state index in [4.69, 9.17) is 9.84 Å². The lowest BCUT2D eigenvalue weighted by Crippen LogP contribution is -2.45. The Morgan fingerprint density at radius 3 is 2.42 bits per heavy atom. The SMILES string of the molecule is CCC(CNC(=O)N(CCOC)CC(C)C)C(=O)O. The van der Waals surface area contributed by atoms with E-state index in [0.29, 0.717) is 32.0 Å². The summed E-state index contributed by atoms with van der Waals surface area (Å²) in [6.45, 7) is 7.60. The molecule has 0 heterocycles. The van der Waals surface area contributed by atoms with Crippen molar-refractivity contribution in [1.29, 1.82) is 0 Å². The summed E-state index contributed by atoms with van der Waals surface area (Å²) in [5.41, 5.74) is 0. The monoisotopic (exact) mass is 274 g/mol. The fourth-order valence-corrected chi connectivity index (χ4v) is 1.65. The van der Waals surface area contributed by atoms with Crippen LogP contribution in [0.25, 0.3) is 0 Å². The van der Waals surface area contributed by atoms with E-state index < -0.39 is 11.9 Å². The molecule has 19 heavy (non-hydrogen) atoms. The number of carbonyl (C=O) groups excluding carboxylic acids is 1. The molecule has 0 saturated heterocycles. The number of carbonyl (C=O) groups is 2. The molecule has 6 heteroatoms. The second-order valence-electron chi connectivity index (χ2n) is 4.96. The molecule has 0 bridgehead atoms. The van der Waals surface area contributed by atoms with Crippen LogP contribution in [0.4, 0.5) is 4.79 Å². The van der Waals surface area contributed by atoms with E-state index in [-0.39, 0.29) is 12.6 Å². The van der Waals surface area contributed by atoms with Gasteiger partial charge in [-0.1, -0.05) is 20.8 Å². The fraction of sp³-hybridized carbons (Fsp3) is 0.846. The molecule has 0 aromatic heterocycles. The number of nitrogens with one attached hydrogen (secondary N) is 1. The lowest BCUT2D eigenvalue weighted by molar-refractivity contribution is -0.141. The van der Waals surface area contributed by atoms with E-state index in [1.807, 2.05) is 13.8 Å². The third kappa shape index (κ3) is 7.66. The normalized spacial score (nSPS) is 12.3. The van der Waals surface area contributed by atoms with Gasteiger partial charge in [0.05, 0.1) is 12.5 Å². The number of rotatable bonds is 9. The van der Waals surface area contributed by atoms with Gasteiger partial charge >= 0.3 is 12.0 Å². The number of carboxylic acids is 1. The maximum absolute atomic E-state index is 12.0. The maximum atomic E-state index is 12.0. The molecule has 1 atom stereocenters. The maximum Gasteiger partial charge on any atom is 0.317 e. The molecule has 1 unspecified atom stereocenters. The van der Waals surface area contributed by atoms with E-state index in [2.05, 4.69) is 5.32 Å². The van der Waals surface area contributed by atoms with Crippen molar-refractivity contribution in [1.82, 2.24) is 10.2 Å². The van der Waals surface area contributed by atoms with Crippen LogP contribution in [0.3, 0.4) is 0 Å². The first-order valence-electron chi connectivity index (χ1n) is 6.66. The predicted molar refractivity (Wildman–Crippen MR) is 73.1 cm³/mol. The Balaban J connectivity index is 4.33. The molecule has 0 aliphatic rings. The molecule has 0 fully saturated rings. The van der Waals surface area contributed by atoms with Crippen molar-refractivity contribution in [2.45, 2.75) is 27.2 Å². The van der Waals surface area contributed by atoms with Gasteiger partial charge in [0.25, 0.3) is 0 Å². The first kappa shape index (κ1) is 17.7. The number of ether oxygens (including phenoxy) is 1. The van der Waals surface area contributed by atoms with Crippen LogP contribution in [0.2, 0.25) is 0 Å². The van der Waals surface area contributed by atoms with Crippen LogP contribution >= 0.6 is 0 Å². The molecule has 6 nitrogen and oxygen atoms in total. The van der Waals surface area contributed by atoms with Crippen LogP contribution in [0, 0.1) is 11.8 Å². The number of urea groups is 1. The standard InChI is InChI=1S/C13H26N2O4/c1-5-11(12(16)17)8-14-13(18)15(6-7-19-4)9-10(2)3/h10-11H,5-9H2,1-4H3,(H,14,18)(H,16,17). The summed E-state index contributed by atoms with van der Waals surface area (Å²) in [7, 11) is 1.59. The van der Waals surface area contributed by atoms with Gasteiger partial charge in [-0.25, -0.2) is 4.79 Å². The Kier molecular flexibility index (Phi) is 8.95. The second-order valence-corrected chi connectivity index (χ2v) is 4.96. The summed E-state index contributed by atoms with van der Waals surface area (Å²) in [6.07, 6.45) is 0.498. The predicted octanol–water partition coefficient (Wildman–Crippen LogP) is 1.41. The van der Waals surface area contributed by atoms with Gasteiger partial charge in [0.2, 0.25) is 0 Å². The zero-order valence-electron chi connectivity index (χ0n) is 12.3. The minimum atomic E-state index is -0.880. The minimum Gasteiger partial charge on any atom is -0.481 e. The van der Waals surface area contributed by atoms with E-state index in [1.165, 1.54) is 0 Å². The van der Waals surface area contributed by atoms with Crippen molar-refractivity contribution >= 4 is 12.0 Å². The van der Waals surface area contributed by atoms with Gasteiger partial charge in [0.1, 0.15) is 0 Å². The third-order valence-electron chi connectivity index (χ3n) is 2.78. The minimum absolute atomic E-state index is 0.159. The number of nitrogens with zero attached hydrogens (tertiary/aromatic N) is 1. The molecule has 0 rings (SSSR count). The molecule has 2 amide bonds. The third-order valence-corrected chi connectivity index (χ3v) is 2.78. The van der Waals surface area contributed by atoms with Crippen molar-refractivity contribution in [2.75, 3.05) is 33.4 Å². The van der Waals surface area contributed by atoms with Crippen molar-refractivity contribution in [3.8, 4) is 0 Å². The van der Waals surface area contributed by atoms with Crippen LogP contribution in [0.15, 0.2) is 0 Å². The average Bonchev–Trinajstić information content (AvgIpc) is 2.34. The highest BCUT2D eigenvalue weighted by Crippen LogP contribution is 2.03. The van der Waals surface area contributed by atoms with Crippen molar-refractivity contribution < 1.29 is 19.4 Å². The second kappa shape index (κ2) is 9.61. The highest BCUT2D eigenvalue weighted by molar-refractivity contribution is 5.76. The molecule has 2 N–H and O–H groups in total. The van der Waals surface area contributed by atoms with Gasteiger partial charge in [-0.15, -0.1) is 0 Å². The average molecular weight is 274 g/mol. The molecule has 0 aromatic rings. The molecular formula is C13H26N2O4. The van der Waals surface area contributed by atoms with Gasteiger partial charge in [-0.3, -0.25) is 4.79 Å². The van der Waals surface area contributed by atoms with Crippen LogP contribution in [0.5, 0.6) is 0 Å². The quantitative estimate of drug-likeness (QED) is 0.666. The molecule has 112 valence electrons. The van der Waals surface area contributed by atoms with Gasteiger partial charge in [-0.2, -0.15) is 0 Å². The van der Waals surface area contributed by atoms with E-state index >= 15 is 0 Å². The number of hydrogen-bond acceptors (Lipinski definition) is 3. The van der Waals surface area contributed by atoms with E-state index in [0.717, 1.165) is 0 Å². The van der Waals surface area contributed by atoms with Crippen molar-refractivity contribution in [2.24, 2.45) is 11.8 Å². The van der Waals surface area contributed by atoms with Crippen molar-refractivity contribution in [3.05, 3.63) is 0 Å². The highest BCUT2D eigenvalue weighted by Gasteiger charge is 2.19. The largest absolute Gasteiger partial charge is 0.481 e. The number of aliphatic carboxylic acids is 1. The summed E-state index contributed by atoms with van der Waals surface area (Å²) in [5, 5.41) is 11.6. The number of carboxylic acid groups (broad SMARTS) is 1. The van der Waals surface area contributed by atoms with Gasteiger partial charge in [0.15, 0.2) is 0 Å². The number of methoxy groups -OCH3 is 1.